The molecule has 4 rings (SSSR count). The number of rotatable bonds is 5. The first-order valence-electron chi connectivity index (χ1n) is 12.4. The molecule has 172 valence electrons. The summed E-state index contributed by atoms with van der Waals surface area (Å²) in [5, 5.41) is 0. The van der Waals surface area contributed by atoms with Crippen molar-refractivity contribution in [2.24, 2.45) is 11.8 Å². The molecule has 0 unspecified atom stereocenters. The Balaban J connectivity index is 1.37. The average molecular weight is 441 g/mol. The zero-order valence-electron chi connectivity index (χ0n) is 19.3. The van der Waals surface area contributed by atoms with Crippen LogP contribution in [0.1, 0.15) is 99.3 Å². The van der Waals surface area contributed by atoms with Crippen LogP contribution in [-0.4, -0.2) is 0 Å². The van der Waals surface area contributed by atoms with Gasteiger partial charge in [0, 0.05) is 5.56 Å². The van der Waals surface area contributed by atoms with Crippen molar-refractivity contribution in [3.05, 3.63) is 76.1 Å². The van der Waals surface area contributed by atoms with Gasteiger partial charge < -0.3 is 0 Å². The Morgan fingerprint density at radius 2 is 1.50 bits per heavy atom. The zero-order chi connectivity index (χ0) is 22.7. The number of hydrogen-bond donors (Lipinski definition) is 0. The van der Waals surface area contributed by atoms with Gasteiger partial charge in [0.15, 0.2) is 11.6 Å². The summed E-state index contributed by atoms with van der Waals surface area (Å²) in [6.07, 6.45) is 12.5. The maximum absolute atomic E-state index is 14.8. The van der Waals surface area contributed by atoms with E-state index in [1.54, 1.807) is 24.3 Å². The van der Waals surface area contributed by atoms with Crippen molar-refractivity contribution in [2.45, 2.75) is 83.5 Å². The van der Waals surface area contributed by atoms with Crippen LogP contribution < -0.4 is 0 Å². The minimum atomic E-state index is -0.711. The van der Waals surface area contributed by atoms with E-state index in [-0.39, 0.29) is 11.7 Å². The molecule has 0 aromatic heterocycles. The van der Waals surface area contributed by atoms with Crippen molar-refractivity contribution < 1.29 is 13.2 Å². The van der Waals surface area contributed by atoms with E-state index in [0.29, 0.717) is 35.3 Å². The molecule has 0 N–H and O–H groups in total. The third-order valence-corrected chi connectivity index (χ3v) is 7.85. The number of allylic oxidation sites excluding steroid dienone is 1. The first-order valence-corrected chi connectivity index (χ1v) is 12.4. The van der Waals surface area contributed by atoms with Gasteiger partial charge in [0.2, 0.25) is 0 Å². The molecule has 0 amide bonds. The van der Waals surface area contributed by atoms with Gasteiger partial charge in [0.25, 0.3) is 0 Å². The highest BCUT2D eigenvalue weighted by Gasteiger charge is 2.25. The van der Waals surface area contributed by atoms with Crippen LogP contribution in [0.2, 0.25) is 0 Å². The van der Waals surface area contributed by atoms with Gasteiger partial charge in [-0.25, -0.2) is 13.2 Å². The SMILES string of the molecule is CCc1ccc(C2CCC(/C=C/c3ccc(C4CCC(C)CC4)c(F)c3F)CC2)cc1F. The largest absolute Gasteiger partial charge is 0.207 e. The van der Waals surface area contributed by atoms with Crippen LogP contribution in [0.3, 0.4) is 0 Å². The summed E-state index contributed by atoms with van der Waals surface area (Å²) < 4.78 is 43.7. The summed E-state index contributed by atoms with van der Waals surface area (Å²) in [4.78, 5) is 0. The summed E-state index contributed by atoms with van der Waals surface area (Å²) >= 11 is 0. The fourth-order valence-corrected chi connectivity index (χ4v) is 5.58. The maximum atomic E-state index is 14.8. The number of hydrogen-bond acceptors (Lipinski definition) is 0. The molecule has 0 saturated heterocycles. The molecular weight excluding hydrogens is 405 g/mol. The zero-order valence-corrected chi connectivity index (χ0v) is 19.3. The number of benzene rings is 2. The van der Waals surface area contributed by atoms with Gasteiger partial charge in [0.05, 0.1) is 0 Å². The van der Waals surface area contributed by atoms with Crippen molar-refractivity contribution in [3.8, 4) is 0 Å². The molecule has 0 aliphatic heterocycles. The normalized spacial score (nSPS) is 26.5. The van der Waals surface area contributed by atoms with Gasteiger partial charge in [-0.1, -0.05) is 63.1 Å². The highest BCUT2D eigenvalue weighted by atomic mass is 19.2. The van der Waals surface area contributed by atoms with Crippen LogP contribution in [-0.2, 0) is 6.42 Å². The monoisotopic (exact) mass is 440 g/mol. The van der Waals surface area contributed by atoms with Crippen LogP contribution in [0, 0.1) is 29.3 Å². The predicted molar refractivity (Wildman–Crippen MR) is 126 cm³/mol. The lowest BCUT2D eigenvalue weighted by Crippen LogP contribution is -2.13. The Kier molecular flexibility index (Phi) is 7.43. The Morgan fingerprint density at radius 3 is 2.16 bits per heavy atom. The first kappa shape index (κ1) is 23.1. The lowest BCUT2D eigenvalue weighted by Gasteiger charge is -2.27. The Bertz CT molecular complexity index is 945. The molecule has 32 heavy (non-hydrogen) atoms. The maximum Gasteiger partial charge on any atom is 0.166 e. The van der Waals surface area contributed by atoms with E-state index >= 15 is 0 Å². The van der Waals surface area contributed by atoms with Gasteiger partial charge >= 0.3 is 0 Å². The minimum Gasteiger partial charge on any atom is -0.207 e. The Morgan fingerprint density at radius 1 is 0.812 bits per heavy atom. The van der Waals surface area contributed by atoms with E-state index in [0.717, 1.165) is 62.5 Å². The van der Waals surface area contributed by atoms with Gasteiger partial charge in [-0.3, -0.25) is 0 Å². The van der Waals surface area contributed by atoms with E-state index < -0.39 is 11.6 Å². The van der Waals surface area contributed by atoms with E-state index in [2.05, 4.69) is 13.0 Å². The van der Waals surface area contributed by atoms with Gasteiger partial charge in [0.1, 0.15) is 5.82 Å². The lowest BCUT2D eigenvalue weighted by atomic mass is 9.78. The molecule has 2 aromatic rings. The van der Waals surface area contributed by atoms with Crippen molar-refractivity contribution in [3.63, 3.8) is 0 Å². The Labute approximate surface area is 190 Å². The highest BCUT2D eigenvalue weighted by Crippen LogP contribution is 2.39. The van der Waals surface area contributed by atoms with Gasteiger partial charge in [-0.15, -0.1) is 0 Å². The average Bonchev–Trinajstić information content (AvgIpc) is 2.81. The molecule has 2 saturated carbocycles. The fourth-order valence-electron chi connectivity index (χ4n) is 5.58. The molecule has 0 spiro atoms. The summed E-state index contributed by atoms with van der Waals surface area (Å²) in [6, 6.07) is 9.21. The topological polar surface area (TPSA) is 0 Å². The van der Waals surface area contributed by atoms with Gasteiger partial charge in [-0.2, -0.15) is 0 Å². The standard InChI is InChI=1S/C29H35F3/c1-3-21-14-15-25(18-27(21)30)22-11-6-20(7-12-22)8-13-24-16-17-26(29(32)28(24)31)23-9-4-19(2)5-10-23/h8,13-20,22-23H,3-7,9-12H2,1-2H3/b13-8+. The summed E-state index contributed by atoms with van der Waals surface area (Å²) in [7, 11) is 0. The molecule has 2 aromatic carbocycles. The molecule has 3 heteroatoms. The van der Waals surface area contributed by atoms with Crippen LogP contribution in [0.5, 0.6) is 0 Å². The van der Waals surface area contributed by atoms with Crippen LogP contribution in [0.15, 0.2) is 36.4 Å². The van der Waals surface area contributed by atoms with E-state index in [1.807, 2.05) is 19.1 Å². The predicted octanol–water partition coefficient (Wildman–Crippen LogP) is 8.95. The molecule has 0 radical (unpaired) electrons. The second-order valence-corrected chi connectivity index (χ2v) is 10.0. The second kappa shape index (κ2) is 10.3. The van der Waals surface area contributed by atoms with Crippen molar-refractivity contribution in [1.29, 1.82) is 0 Å². The van der Waals surface area contributed by atoms with Crippen LogP contribution in [0.4, 0.5) is 13.2 Å². The highest BCUT2D eigenvalue weighted by molar-refractivity contribution is 5.52. The van der Waals surface area contributed by atoms with Crippen LogP contribution in [0.25, 0.3) is 6.08 Å². The van der Waals surface area contributed by atoms with Crippen molar-refractivity contribution in [1.82, 2.24) is 0 Å². The summed E-state index contributed by atoms with van der Waals surface area (Å²) in [5.41, 5.74) is 2.75. The third kappa shape index (κ3) is 5.13. The van der Waals surface area contributed by atoms with Crippen LogP contribution >= 0.6 is 0 Å². The molecule has 2 aliphatic rings. The van der Waals surface area contributed by atoms with E-state index in [9.17, 15) is 13.2 Å². The van der Waals surface area contributed by atoms with Crippen molar-refractivity contribution >= 4 is 6.08 Å². The second-order valence-electron chi connectivity index (χ2n) is 10.0. The molecule has 0 atom stereocenters. The molecule has 0 nitrogen and oxygen atoms in total. The number of aryl methyl sites for hydroxylation is 1. The molecule has 0 bridgehead atoms. The molecule has 2 fully saturated rings. The van der Waals surface area contributed by atoms with E-state index in [1.165, 1.54) is 0 Å². The minimum absolute atomic E-state index is 0.101. The third-order valence-electron chi connectivity index (χ3n) is 7.85. The fraction of sp³-hybridized carbons (Fsp3) is 0.517. The quantitative estimate of drug-likeness (QED) is 0.435. The van der Waals surface area contributed by atoms with Crippen molar-refractivity contribution in [2.75, 3.05) is 0 Å². The molecule has 2 aliphatic carbocycles. The first-order chi connectivity index (χ1) is 15.5. The summed E-state index contributed by atoms with van der Waals surface area (Å²) in [6.45, 7) is 4.20. The lowest BCUT2D eigenvalue weighted by molar-refractivity contribution is 0.339. The molecule has 0 heterocycles. The van der Waals surface area contributed by atoms with Gasteiger partial charge in [-0.05, 0) is 91.4 Å². The molecular formula is C29H35F3. The number of halogens is 3. The Hall–Kier alpha value is -2.03. The summed E-state index contributed by atoms with van der Waals surface area (Å²) in [5.74, 6) is 0.0948. The van der Waals surface area contributed by atoms with E-state index in [4.69, 9.17) is 0 Å². The smallest absolute Gasteiger partial charge is 0.166 e.